The number of carbonyl (C=O) groups is 1. The van der Waals surface area contributed by atoms with Gasteiger partial charge in [0.05, 0.1) is 5.60 Å². The molecule has 1 unspecified atom stereocenters. The molecule has 0 spiro atoms. The lowest BCUT2D eigenvalue weighted by Gasteiger charge is -2.73. The zero-order chi connectivity index (χ0) is 23.5. The summed E-state index contributed by atoms with van der Waals surface area (Å²) >= 11 is 0. The molecule has 0 radical (unpaired) electrons. The highest BCUT2D eigenvalue weighted by atomic mass is 16.3. The number of ketones is 1. The molecule has 0 aromatic rings. The summed E-state index contributed by atoms with van der Waals surface area (Å²) in [6.07, 6.45) is 12.3. The van der Waals surface area contributed by atoms with E-state index in [-0.39, 0.29) is 5.41 Å². The third-order valence-corrected chi connectivity index (χ3v) is 13.6. The summed E-state index contributed by atoms with van der Waals surface area (Å²) in [5, 5.41) is 11.0. The quantitative estimate of drug-likeness (QED) is 0.458. The van der Waals surface area contributed by atoms with Gasteiger partial charge in [0.2, 0.25) is 0 Å². The van der Waals surface area contributed by atoms with Crippen LogP contribution in [0.15, 0.2) is 0 Å². The molecule has 1 N–H and O–H groups in total. The lowest BCUT2D eigenvalue weighted by Crippen LogP contribution is -2.66. The molecule has 5 saturated carbocycles. The molecule has 5 aliphatic rings. The normalized spacial score (nSPS) is 54.9. The van der Waals surface area contributed by atoms with E-state index in [1.165, 1.54) is 51.4 Å². The molecule has 0 saturated heterocycles. The number of aliphatic hydroxyl groups is 1. The van der Waals surface area contributed by atoms with E-state index in [1.807, 2.05) is 0 Å². The predicted octanol–water partition coefficient (Wildman–Crippen LogP) is 7.43. The van der Waals surface area contributed by atoms with E-state index in [1.54, 1.807) is 0 Å². The van der Waals surface area contributed by atoms with Gasteiger partial charge < -0.3 is 5.11 Å². The van der Waals surface area contributed by atoms with Crippen LogP contribution in [0.2, 0.25) is 0 Å². The van der Waals surface area contributed by atoms with E-state index >= 15 is 0 Å². The highest BCUT2D eigenvalue weighted by molar-refractivity contribution is 5.85. The second-order valence-electron chi connectivity index (χ2n) is 15.2. The van der Waals surface area contributed by atoms with Crippen LogP contribution in [0.4, 0.5) is 0 Å². The summed E-state index contributed by atoms with van der Waals surface area (Å²) in [4.78, 5) is 12.9. The zero-order valence-corrected chi connectivity index (χ0v) is 22.3. The summed E-state index contributed by atoms with van der Waals surface area (Å²) in [6.45, 7) is 19.2. The van der Waals surface area contributed by atoms with Crippen LogP contribution in [0.5, 0.6) is 0 Å². The van der Waals surface area contributed by atoms with Gasteiger partial charge in [-0.1, -0.05) is 41.5 Å². The Bertz CT molecular complexity index is 806. The molecule has 5 aliphatic carbocycles. The minimum Gasteiger partial charge on any atom is -0.390 e. The van der Waals surface area contributed by atoms with E-state index < -0.39 is 5.60 Å². The Hall–Kier alpha value is -0.370. The van der Waals surface area contributed by atoms with Gasteiger partial charge in [-0.25, -0.2) is 0 Å². The third kappa shape index (κ3) is 2.66. The molecule has 0 amide bonds. The van der Waals surface area contributed by atoms with Crippen LogP contribution in [0.3, 0.4) is 0 Å². The number of carbonyl (C=O) groups excluding carboxylic acids is 1. The Kier molecular flexibility index (Phi) is 4.85. The first-order chi connectivity index (χ1) is 14.6. The van der Waals surface area contributed by atoms with Crippen LogP contribution < -0.4 is 0 Å². The minimum absolute atomic E-state index is 0.152. The first-order valence-corrected chi connectivity index (χ1v) is 13.9. The van der Waals surface area contributed by atoms with Gasteiger partial charge in [-0.15, -0.1) is 0 Å². The molecule has 0 aliphatic heterocycles. The monoisotopic (exact) mass is 442 g/mol. The molecule has 0 aromatic heterocycles. The highest BCUT2D eigenvalue weighted by Gasteiger charge is 2.71. The van der Waals surface area contributed by atoms with Crippen molar-refractivity contribution in [3.8, 4) is 0 Å². The fraction of sp³-hybridized carbons (Fsp3) is 0.967. The van der Waals surface area contributed by atoms with Gasteiger partial charge >= 0.3 is 0 Å². The second kappa shape index (κ2) is 6.64. The van der Waals surface area contributed by atoms with E-state index in [2.05, 4.69) is 55.4 Å². The van der Waals surface area contributed by atoms with Crippen molar-refractivity contribution < 1.29 is 9.90 Å². The summed E-state index contributed by atoms with van der Waals surface area (Å²) in [5.74, 6) is 3.72. The second-order valence-corrected chi connectivity index (χ2v) is 15.2. The number of rotatable bonds is 1. The molecule has 0 bridgehead atoms. The van der Waals surface area contributed by atoms with Crippen molar-refractivity contribution in [1.82, 2.24) is 0 Å². The third-order valence-electron chi connectivity index (χ3n) is 13.6. The lowest BCUT2D eigenvalue weighted by molar-refractivity contribution is -0.240. The number of fused-ring (bicyclic) bond motifs is 7. The van der Waals surface area contributed by atoms with Crippen molar-refractivity contribution in [1.29, 1.82) is 0 Å². The Balaban J connectivity index is 1.52. The van der Waals surface area contributed by atoms with Gasteiger partial charge in [-0.3, -0.25) is 4.79 Å². The van der Waals surface area contributed by atoms with Crippen molar-refractivity contribution in [3.05, 3.63) is 0 Å². The first-order valence-electron chi connectivity index (χ1n) is 13.9. The minimum atomic E-state index is -0.553. The van der Waals surface area contributed by atoms with Gasteiger partial charge in [0.25, 0.3) is 0 Å². The molecular formula is C30H50O2. The van der Waals surface area contributed by atoms with Crippen LogP contribution in [-0.4, -0.2) is 16.5 Å². The number of Topliss-reactive ketones (excluding diaryl/α,β-unsaturated/α-hetero) is 1. The Morgan fingerprint density at radius 1 is 0.719 bits per heavy atom. The van der Waals surface area contributed by atoms with Crippen LogP contribution >= 0.6 is 0 Å². The fourth-order valence-corrected chi connectivity index (χ4v) is 11.8. The van der Waals surface area contributed by atoms with Crippen LogP contribution in [-0.2, 0) is 4.79 Å². The van der Waals surface area contributed by atoms with E-state index in [4.69, 9.17) is 0 Å². The summed E-state index contributed by atoms with van der Waals surface area (Å²) < 4.78 is 0. The predicted molar refractivity (Wildman–Crippen MR) is 131 cm³/mol. The maximum Gasteiger partial charge on any atom is 0.138 e. The van der Waals surface area contributed by atoms with Crippen LogP contribution in [0.25, 0.3) is 0 Å². The Labute approximate surface area is 197 Å². The molecule has 182 valence electrons. The van der Waals surface area contributed by atoms with Crippen molar-refractivity contribution in [3.63, 3.8) is 0 Å². The van der Waals surface area contributed by atoms with Crippen LogP contribution in [0.1, 0.15) is 120 Å². The molecule has 2 nitrogen and oxygen atoms in total. The fourth-order valence-electron chi connectivity index (χ4n) is 11.8. The van der Waals surface area contributed by atoms with E-state index in [0.29, 0.717) is 45.2 Å². The van der Waals surface area contributed by atoms with Gasteiger partial charge in [0.1, 0.15) is 5.78 Å². The zero-order valence-electron chi connectivity index (χ0n) is 22.3. The smallest absolute Gasteiger partial charge is 0.138 e. The van der Waals surface area contributed by atoms with Gasteiger partial charge in [-0.2, -0.15) is 0 Å². The van der Waals surface area contributed by atoms with Crippen molar-refractivity contribution in [2.24, 2.45) is 56.7 Å². The average Bonchev–Trinajstić information content (AvgIpc) is 3.03. The topological polar surface area (TPSA) is 37.3 Å². The summed E-state index contributed by atoms with van der Waals surface area (Å²) in [6, 6.07) is 0. The average molecular weight is 443 g/mol. The lowest BCUT2D eigenvalue weighted by atomic mass is 9.32. The summed E-state index contributed by atoms with van der Waals surface area (Å²) in [5.41, 5.74) is 0.741. The molecule has 2 heteroatoms. The van der Waals surface area contributed by atoms with Crippen molar-refractivity contribution in [2.45, 2.75) is 125 Å². The highest BCUT2D eigenvalue weighted by Crippen LogP contribution is 2.77. The number of hydrogen-bond acceptors (Lipinski definition) is 2. The Morgan fingerprint density at radius 3 is 1.88 bits per heavy atom. The SMILES string of the molecule is CC(C)(O)[C@H]1CC[C@@]2(C)C1CC[C@]1(C)[C@@H]2CC[C@@H]2[C@@]3(C)CCC(=O)C(C)(C)[C@@H]3CC[C@]21C. The van der Waals surface area contributed by atoms with Crippen LogP contribution in [0, 0.1) is 56.7 Å². The van der Waals surface area contributed by atoms with Crippen molar-refractivity contribution >= 4 is 5.78 Å². The number of hydrogen-bond donors (Lipinski definition) is 1. The largest absolute Gasteiger partial charge is 0.390 e. The maximum absolute atomic E-state index is 12.9. The van der Waals surface area contributed by atoms with Crippen molar-refractivity contribution in [2.75, 3.05) is 0 Å². The van der Waals surface area contributed by atoms with Gasteiger partial charge in [0, 0.05) is 11.8 Å². The molecule has 0 heterocycles. The maximum atomic E-state index is 12.9. The molecule has 0 aromatic carbocycles. The molecule has 5 fully saturated rings. The molecular weight excluding hydrogens is 392 g/mol. The van der Waals surface area contributed by atoms with Gasteiger partial charge in [0.15, 0.2) is 0 Å². The molecule has 32 heavy (non-hydrogen) atoms. The molecule has 5 rings (SSSR count). The summed E-state index contributed by atoms with van der Waals surface area (Å²) in [7, 11) is 0. The molecule has 9 atom stereocenters. The van der Waals surface area contributed by atoms with E-state index in [9.17, 15) is 9.90 Å². The first kappa shape index (κ1) is 23.4. The Morgan fingerprint density at radius 2 is 1.28 bits per heavy atom. The standard InChI is InChI=1S/C30H50O2/c1-25(2)21-13-18-30(8)23(28(21,6)16-14-24(25)31)10-9-22-27(5)15-11-19(26(3,4)32)20(27)12-17-29(22,30)7/h19-23,32H,9-18H2,1-8H3/t19-,20?,21-,22+,23+,27-,28-,29+,30+/m0/s1. The van der Waals surface area contributed by atoms with E-state index in [0.717, 1.165) is 24.7 Å². The van der Waals surface area contributed by atoms with Gasteiger partial charge in [-0.05, 0) is 123 Å².